The lowest BCUT2D eigenvalue weighted by atomic mass is 9.98. The SMILES string of the molecule is CCc1csc(C2CCCN(C(=O)C(C)n3ccnc3)C2)n1. The molecule has 0 aromatic carbocycles. The van der Waals surface area contributed by atoms with Gasteiger partial charge in [-0.05, 0) is 26.2 Å². The summed E-state index contributed by atoms with van der Waals surface area (Å²) in [6.45, 7) is 5.70. The summed E-state index contributed by atoms with van der Waals surface area (Å²) < 4.78 is 1.87. The zero-order valence-corrected chi connectivity index (χ0v) is 13.9. The molecule has 22 heavy (non-hydrogen) atoms. The maximum Gasteiger partial charge on any atom is 0.245 e. The Labute approximate surface area is 135 Å². The van der Waals surface area contributed by atoms with Crippen molar-refractivity contribution in [2.24, 2.45) is 0 Å². The number of aryl methyl sites for hydroxylation is 1. The van der Waals surface area contributed by atoms with Crippen molar-refractivity contribution in [2.75, 3.05) is 13.1 Å². The Bertz CT molecular complexity index is 622. The maximum absolute atomic E-state index is 12.7. The van der Waals surface area contributed by atoms with Gasteiger partial charge >= 0.3 is 0 Å². The molecule has 2 aromatic rings. The minimum Gasteiger partial charge on any atom is -0.340 e. The first-order chi connectivity index (χ1) is 10.7. The van der Waals surface area contributed by atoms with E-state index in [9.17, 15) is 4.79 Å². The van der Waals surface area contributed by atoms with E-state index in [-0.39, 0.29) is 11.9 Å². The Hall–Kier alpha value is -1.69. The van der Waals surface area contributed by atoms with E-state index < -0.39 is 0 Å². The molecule has 1 amide bonds. The first kappa shape index (κ1) is 15.2. The fourth-order valence-electron chi connectivity index (χ4n) is 2.94. The van der Waals surface area contributed by atoms with E-state index in [2.05, 4.69) is 17.3 Å². The van der Waals surface area contributed by atoms with Crippen molar-refractivity contribution >= 4 is 17.2 Å². The lowest BCUT2D eigenvalue weighted by Crippen LogP contribution is -2.42. The minimum atomic E-state index is -0.191. The van der Waals surface area contributed by atoms with Crippen LogP contribution in [-0.4, -0.2) is 38.4 Å². The zero-order chi connectivity index (χ0) is 15.5. The van der Waals surface area contributed by atoms with Gasteiger partial charge in [0.15, 0.2) is 0 Å². The number of piperidine rings is 1. The first-order valence-electron chi connectivity index (χ1n) is 7.89. The second-order valence-electron chi connectivity index (χ2n) is 5.84. The number of aromatic nitrogens is 3. The lowest BCUT2D eigenvalue weighted by Gasteiger charge is -2.33. The van der Waals surface area contributed by atoms with Crippen LogP contribution in [0.2, 0.25) is 0 Å². The van der Waals surface area contributed by atoms with Crippen molar-refractivity contribution in [2.45, 2.75) is 45.1 Å². The highest BCUT2D eigenvalue weighted by Gasteiger charge is 2.29. The summed E-state index contributed by atoms with van der Waals surface area (Å²) in [6, 6.07) is -0.191. The van der Waals surface area contributed by atoms with Crippen LogP contribution in [0.3, 0.4) is 0 Å². The van der Waals surface area contributed by atoms with E-state index in [1.807, 2.05) is 22.6 Å². The number of thiazole rings is 1. The third-order valence-corrected chi connectivity index (χ3v) is 5.40. The van der Waals surface area contributed by atoms with Gasteiger partial charge in [-0.2, -0.15) is 0 Å². The van der Waals surface area contributed by atoms with Gasteiger partial charge in [0.25, 0.3) is 0 Å². The maximum atomic E-state index is 12.7. The summed E-state index contributed by atoms with van der Waals surface area (Å²) in [5.74, 6) is 0.563. The number of hydrogen-bond donors (Lipinski definition) is 0. The van der Waals surface area contributed by atoms with Crippen molar-refractivity contribution in [1.29, 1.82) is 0 Å². The molecule has 0 saturated carbocycles. The van der Waals surface area contributed by atoms with Gasteiger partial charge in [0.2, 0.25) is 5.91 Å². The van der Waals surface area contributed by atoms with Crippen LogP contribution >= 0.6 is 11.3 Å². The normalized spacial score (nSPS) is 20.1. The van der Waals surface area contributed by atoms with E-state index >= 15 is 0 Å². The highest BCUT2D eigenvalue weighted by Crippen LogP contribution is 2.30. The van der Waals surface area contributed by atoms with Gasteiger partial charge in [0.1, 0.15) is 6.04 Å². The number of likely N-dealkylation sites (tertiary alicyclic amines) is 1. The monoisotopic (exact) mass is 318 g/mol. The Morgan fingerprint density at radius 3 is 3.09 bits per heavy atom. The van der Waals surface area contributed by atoms with Gasteiger partial charge in [-0.15, -0.1) is 11.3 Å². The number of amides is 1. The van der Waals surface area contributed by atoms with Crippen molar-refractivity contribution < 1.29 is 4.79 Å². The van der Waals surface area contributed by atoms with Gasteiger partial charge < -0.3 is 9.47 Å². The standard InChI is InChI=1S/C16H22N4OS/c1-3-14-10-22-15(18-14)13-5-4-7-19(9-13)16(21)12(2)20-8-6-17-11-20/h6,8,10-13H,3-5,7,9H2,1-2H3. The average Bonchev–Trinajstić information content (AvgIpc) is 3.24. The fourth-order valence-corrected chi connectivity index (χ4v) is 3.97. The quantitative estimate of drug-likeness (QED) is 0.871. The van der Waals surface area contributed by atoms with Crippen LogP contribution in [-0.2, 0) is 11.2 Å². The molecule has 2 unspecified atom stereocenters. The lowest BCUT2D eigenvalue weighted by molar-refractivity contribution is -0.135. The topological polar surface area (TPSA) is 51.0 Å². The number of rotatable bonds is 4. The molecule has 2 atom stereocenters. The fraction of sp³-hybridized carbons (Fsp3) is 0.562. The van der Waals surface area contributed by atoms with Crippen molar-refractivity contribution in [3.63, 3.8) is 0 Å². The van der Waals surface area contributed by atoms with E-state index in [4.69, 9.17) is 4.98 Å². The number of nitrogens with zero attached hydrogens (tertiary/aromatic N) is 4. The molecule has 6 heteroatoms. The molecule has 1 saturated heterocycles. The predicted octanol–water partition coefficient (Wildman–Crippen LogP) is 2.87. The van der Waals surface area contributed by atoms with Crippen LogP contribution in [0.25, 0.3) is 0 Å². The highest BCUT2D eigenvalue weighted by atomic mass is 32.1. The largest absolute Gasteiger partial charge is 0.340 e. The third kappa shape index (κ3) is 3.06. The van der Waals surface area contributed by atoms with Crippen molar-refractivity contribution in [3.8, 4) is 0 Å². The van der Waals surface area contributed by atoms with Crippen LogP contribution in [0.15, 0.2) is 24.1 Å². The first-order valence-corrected chi connectivity index (χ1v) is 8.77. The summed E-state index contributed by atoms with van der Waals surface area (Å²) in [7, 11) is 0. The molecule has 3 rings (SSSR count). The molecule has 5 nitrogen and oxygen atoms in total. The van der Waals surface area contributed by atoms with Gasteiger partial charge in [-0.25, -0.2) is 9.97 Å². The predicted molar refractivity (Wildman–Crippen MR) is 87.0 cm³/mol. The summed E-state index contributed by atoms with van der Waals surface area (Å²) >= 11 is 1.74. The molecule has 0 radical (unpaired) electrons. The Balaban J connectivity index is 1.68. The van der Waals surface area contributed by atoms with Crippen molar-refractivity contribution in [3.05, 3.63) is 34.8 Å². The Morgan fingerprint density at radius 2 is 2.41 bits per heavy atom. The highest BCUT2D eigenvalue weighted by molar-refractivity contribution is 7.09. The van der Waals surface area contributed by atoms with Crippen molar-refractivity contribution in [1.82, 2.24) is 19.4 Å². The summed E-state index contributed by atoms with van der Waals surface area (Å²) in [6.07, 6.45) is 8.42. The molecule has 0 N–H and O–H groups in total. The number of imidazole rings is 1. The van der Waals surface area contributed by atoms with Gasteiger partial charge in [0, 0.05) is 36.8 Å². The molecular formula is C16H22N4OS. The van der Waals surface area contributed by atoms with Gasteiger partial charge in [0.05, 0.1) is 17.0 Å². The molecule has 0 aliphatic carbocycles. The minimum absolute atomic E-state index is 0.176. The molecule has 3 heterocycles. The summed E-state index contributed by atoms with van der Waals surface area (Å²) in [5, 5.41) is 3.33. The second kappa shape index (κ2) is 6.60. The number of carbonyl (C=O) groups is 1. The molecule has 1 aliphatic rings. The summed E-state index contributed by atoms with van der Waals surface area (Å²) in [5.41, 5.74) is 1.16. The van der Waals surface area contributed by atoms with Gasteiger partial charge in [-0.3, -0.25) is 4.79 Å². The molecule has 0 spiro atoms. The van der Waals surface area contributed by atoms with Crippen LogP contribution in [0.4, 0.5) is 0 Å². The Morgan fingerprint density at radius 1 is 1.55 bits per heavy atom. The zero-order valence-electron chi connectivity index (χ0n) is 13.1. The van der Waals surface area contributed by atoms with Crippen LogP contribution < -0.4 is 0 Å². The van der Waals surface area contributed by atoms with E-state index in [1.165, 1.54) is 5.01 Å². The number of hydrogen-bond acceptors (Lipinski definition) is 4. The molecule has 0 bridgehead atoms. The molecule has 2 aromatic heterocycles. The molecule has 118 valence electrons. The molecule has 1 fully saturated rings. The Kier molecular flexibility index (Phi) is 4.57. The van der Waals surface area contributed by atoms with Crippen LogP contribution in [0.1, 0.15) is 49.4 Å². The van der Waals surface area contributed by atoms with Gasteiger partial charge in [-0.1, -0.05) is 6.92 Å². The van der Waals surface area contributed by atoms with E-state index in [0.29, 0.717) is 5.92 Å². The summed E-state index contributed by atoms with van der Waals surface area (Å²) in [4.78, 5) is 23.4. The number of carbonyl (C=O) groups excluding carboxylic acids is 1. The molecule has 1 aliphatic heterocycles. The van der Waals surface area contributed by atoms with E-state index in [1.54, 1.807) is 23.9 Å². The third-order valence-electron chi connectivity index (χ3n) is 4.34. The smallest absolute Gasteiger partial charge is 0.245 e. The van der Waals surface area contributed by atoms with Crippen LogP contribution in [0.5, 0.6) is 0 Å². The average molecular weight is 318 g/mol. The molecular weight excluding hydrogens is 296 g/mol. The van der Waals surface area contributed by atoms with E-state index in [0.717, 1.165) is 38.0 Å². The second-order valence-corrected chi connectivity index (χ2v) is 6.73. The van der Waals surface area contributed by atoms with Crippen LogP contribution in [0, 0.1) is 0 Å².